The van der Waals surface area contributed by atoms with E-state index in [4.69, 9.17) is 4.74 Å². The third-order valence-corrected chi connectivity index (χ3v) is 7.19. The van der Waals surface area contributed by atoms with Crippen LogP contribution in [-0.4, -0.2) is 58.0 Å². The number of piperidine rings is 1. The number of nitrogens with zero attached hydrogens (tertiary/aromatic N) is 1. The number of rotatable bonds is 5. The van der Waals surface area contributed by atoms with E-state index in [2.05, 4.69) is 10.6 Å². The molecule has 2 aliphatic heterocycles. The van der Waals surface area contributed by atoms with Crippen molar-refractivity contribution in [2.24, 2.45) is 0 Å². The number of amides is 1. The Balaban J connectivity index is 1.84. The molecule has 0 aromatic heterocycles. The molecule has 150 valence electrons. The molecule has 2 fully saturated rings. The Morgan fingerprint density at radius 1 is 1.15 bits per heavy atom. The molecule has 0 atom stereocenters. The van der Waals surface area contributed by atoms with Gasteiger partial charge in [0.25, 0.3) is 5.91 Å². The van der Waals surface area contributed by atoms with Gasteiger partial charge in [-0.2, -0.15) is 4.31 Å². The molecule has 0 radical (unpaired) electrons. The SMILES string of the molecule is COc1ccc(S(=O)(=O)N2CCCCCC2)cc1C(=O)NC1CCNCC1. The highest BCUT2D eigenvalue weighted by atomic mass is 32.2. The largest absolute Gasteiger partial charge is 0.496 e. The van der Waals surface area contributed by atoms with Crippen molar-refractivity contribution in [3.8, 4) is 5.75 Å². The van der Waals surface area contributed by atoms with E-state index in [1.165, 1.54) is 23.5 Å². The molecule has 2 N–H and O–H groups in total. The average molecular weight is 396 g/mol. The van der Waals surface area contributed by atoms with Gasteiger partial charge in [0.2, 0.25) is 10.0 Å². The molecule has 0 unspecified atom stereocenters. The lowest BCUT2D eigenvalue weighted by Crippen LogP contribution is -2.42. The first-order valence-corrected chi connectivity index (χ1v) is 11.2. The van der Waals surface area contributed by atoms with Gasteiger partial charge in [-0.15, -0.1) is 0 Å². The molecular weight excluding hydrogens is 366 g/mol. The number of sulfonamides is 1. The number of carbonyl (C=O) groups excluding carboxylic acids is 1. The van der Waals surface area contributed by atoms with Crippen LogP contribution in [0.15, 0.2) is 23.1 Å². The molecule has 8 heteroatoms. The number of methoxy groups -OCH3 is 1. The third kappa shape index (κ3) is 4.80. The van der Waals surface area contributed by atoms with Gasteiger partial charge in [0.1, 0.15) is 5.75 Å². The summed E-state index contributed by atoms with van der Waals surface area (Å²) in [6.45, 7) is 2.80. The Morgan fingerprint density at radius 3 is 2.44 bits per heavy atom. The Morgan fingerprint density at radius 2 is 1.81 bits per heavy atom. The van der Waals surface area contributed by atoms with Crippen LogP contribution in [0.25, 0.3) is 0 Å². The van der Waals surface area contributed by atoms with Gasteiger partial charge in [0.15, 0.2) is 0 Å². The first kappa shape index (κ1) is 20.1. The zero-order valence-electron chi connectivity index (χ0n) is 15.9. The van der Waals surface area contributed by atoms with Gasteiger partial charge in [0.05, 0.1) is 17.6 Å². The highest BCUT2D eigenvalue weighted by Crippen LogP contribution is 2.26. The second-order valence-corrected chi connectivity index (χ2v) is 9.12. The van der Waals surface area contributed by atoms with Crippen LogP contribution in [0, 0.1) is 0 Å². The van der Waals surface area contributed by atoms with Crippen LogP contribution in [0.1, 0.15) is 48.9 Å². The van der Waals surface area contributed by atoms with Crippen LogP contribution >= 0.6 is 0 Å². The molecular formula is C19H29N3O4S. The standard InChI is InChI=1S/C19H29N3O4S/c1-26-18-7-6-16(27(24,25)22-12-4-2-3-5-13-22)14-17(18)19(23)21-15-8-10-20-11-9-15/h6-7,14-15,20H,2-5,8-13H2,1H3,(H,21,23). The van der Waals surface area contributed by atoms with Crippen molar-refractivity contribution in [2.75, 3.05) is 33.3 Å². The van der Waals surface area contributed by atoms with Crippen molar-refractivity contribution in [1.29, 1.82) is 0 Å². The molecule has 0 spiro atoms. The van der Waals surface area contributed by atoms with Gasteiger partial charge in [-0.25, -0.2) is 8.42 Å². The van der Waals surface area contributed by atoms with Gasteiger partial charge in [-0.05, 0) is 57.0 Å². The molecule has 1 aromatic carbocycles. The highest BCUT2D eigenvalue weighted by molar-refractivity contribution is 7.89. The molecule has 0 bridgehead atoms. The van der Waals surface area contributed by atoms with Gasteiger partial charge in [-0.1, -0.05) is 12.8 Å². The Labute approximate surface area is 161 Å². The van der Waals surface area contributed by atoms with E-state index < -0.39 is 10.0 Å². The fourth-order valence-electron chi connectivity index (χ4n) is 3.69. The molecule has 0 aliphatic carbocycles. The van der Waals surface area contributed by atoms with Crippen molar-refractivity contribution >= 4 is 15.9 Å². The summed E-state index contributed by atoms with van der Waals surface area (Å²) in [7, 11) is -2.13. The highest BCUT2D eigenvalue weighted by Gasteiger charge is 2.27. The van der Waals surface area contributed by atoms with Crippen LogP contribution in [0.4, 0.5) is 0 Å². The predicted octanol–water partition coefficient (Wildman–Crippen LogP) is 1.74. The minimum atomic E-state index is -3.61. The maximum atomic E-state index is 13.0. The monoisotopic (exact) mass is 395 g/mol. The smallest absolute Gasteiger partial charge is 0.255 e. The molecule has 0 saturated carbocycles. The number of ether oxygens (including phenoxy) is 1. The van der Waals surface area contributed by atoms with E-state index in [9.17, 15) is 13.2 Å². The predicted molar refractivity (Wildman–Crippen MR) is 104 cm³/mol. The molecule has 7 nitrogen and oxygen atoms in total. The maximum absolute atomic E-state index is 13.0. The van der Waals surface area contributed by atoms with Crippen molar-refractivity contribution in [3.05, 3.63) is 23.8 Å². The second kappa shape index (κ2) is 9.03. The summed E-state index contributed by atoms with van der Waals surface area (Å²) in [5, 5.41) is 6.27. The number of carbonyl (C=O) groups is 1. The number of nitrogens with one attached hydrogen (secondary N) is 2. The molecule has 27 heavy (non-hydrogen) atoms. The van der Waals surface area contributed by atoms with Crippen LogP contribution in [0.3, 0.4) is 0 Å². The zero-order chi connectivity index (χ0) is 19.3. The van der Waals surface area contributed by atoms with Crippen molar-refractivity contribution in [2.45, 2.75) is 49.5 Å². The molecule has 2 aliphatic rings. The van der Waals surface area contributed by atoms with Crippen molar-refractivity contribution in [1.82, 2.24) is 14.9 Å². The van der Waals surface area contributed by atoms with Gasteiger partial charge < -0.3 is 15.4 Å². The van der Waals surface area contributed by atoms with Crippen LogP contribution in [0.5, 0.6) is 5.75 Å². The summed E-state index contributed by atoms with van der Waals surface area (Å²) in [4.78, 5) is 12.9. The number of hydrogen-bond acceptors (Lipinski definition) is 5. The summed E-state index contributed by atoms with van der Waals surface area (Å²) in [6, 6.07) is 4.65. The quantitative estimate of drug-likeness (QED) is 0.793. The first-order valence-electron chi connectivity index (χ1n) is 9.72. The fraction of sp³-hybridized carbons (Fsp3) is 0.632. The maximum Gasteiger partial charge on any atom is 0.255 e. The minimum Gasteiger partial charge on any atom is -0.496 e. The summed E-state index contributed by atoms with van der Waals surface area (Å²) in [5.41, 5.74) is 0.270. The van der Waals surface area contributed by atoms with E-state index in [0.29, 0.717) is 18.8 Å². The molecule has 1 aromatic rings. The van der Waals surface area contributed by atoms with Crippen LogP contribution in [-0.2, 0) is 10.0 Å². The number of benzene rings is 1. The van der Waals surface area contributed by atoms with E-state index in [-0.39, 0.29) is 22.4 Å². The van der Waals surface area contributed by atoms with E-state index in [1.807, 2.05) is 0 Å². The van der Waals surface area contributed by atoms with E-state index in [0.717, 1.165) is 51.6 Å². The summed E-state index contributed by atoms with van der Waals surface area (Å²) in [5.74, 6) is 0.0999. The molecule has 1 amide bonds. The van der Waals surface area contributed by atoms with Gasteiger partial charge >= 0.3 is 0 Å². The lowest BCUT2D eigenvalue weighted by Gasteiger charge is -2.24. The third-order valence-electron chi connectivity index (χ3n) is 5.29. The summed E-state index contributed by atoms with van der Waals surface area (Å²) in [6.07, 6.45) is 5.58. The summed E-state index contributed by atoms with van der Waals surface area (Å²) < 4.78 is 32.9. The van der Waals surface area contributed by atoms with Crippen LogP contribution < -0.4 is 15.4 Å². The molecule has 2 saturated heterocycles. The average Bonchev–Trinajstić information content (AvgIpc) is 2.98. The fourth-order valence-corrected chi connectivity index (χ4v) is 5.23. The van der Waals surface area contributed by atoms with Crippen molar-refractivity contribution in [3.63, 3.8) is 0 Å². The zero-order valence-corrected chi connectivity index (χ0v) is 16.7. The van der Waals surface area contributed by atoms with Gasteiger partial charge in [-0.3, -0.25) is 4.79 Å². The van der Waals surface area contributed by atoms with Crippen LogP contribution in [0.2, 0.25) is 0 Å². The first-order chi connectivity index (χ1) is 13.0. The lowest BCUT2D eigenvalue weighted by molar-refractivity contribution is 0.0926. The Hall–Kier alpha value is -1.64. The lowest BCUT2D eigenvalue weighted by atomic mass is 10.1. The summed E-state index contributed by atoms with van der Waals surface area (Å²) >= 11 is 0. The normalized spacial score (nSPS) is 20.0. The topological polar surface area (TPSA) is 87.7 Å². The Kier molecular flexibility index (Phi) is 6.73. The molecule has 2 heterocycles. The van der Waals surface area contributed by atoms with E-state index in [1.54, 1.807) is 6.07 Å². The van der Waals surface area contributed by atoms with E-state index >= 15 is 0 Å². The van der Waals surface area contributed by atoms with Crippen molar-refractivity contribution < 1.29 is 17.9 Å². The van der Waals surface area contributed by atoms with Gasteiger partial charge in [0, 0.05) is 19.1 Å². The minimum absolute atomic E-state index is 0.0920. The number of hydrogen-bond donors (Lipinski definition) is 2. The second-order valence-electron chi connectivity index (χ2n) is 7.18. The molecule has 3 rings (SSSR count). The Bertz CT molecular complexity index is 752.